The van der Waals surface area contributed by atoms with Crippen LogP contribution in [0.2, 0.25) is 0 Å². The fraction of sp³-hybridized carbons (Fsp3) is 0.917. The second kappa shape index (κ2) is 9.60. The molecule has 0 heterocycles. The van der Waals surface area contributed by atoms with E-state index in [1.165, 1.54) is 0 Å². The minimum atomic E-state index is 0.0834. The van der Waals surface area contributed by atoms with Crippen LogP contribution in [0.1, 0.15) is 40.0 Å². The van der Waals surface area contributed by atoms with Crippen LogP contribution in [0.4, 0.5) is 0 Å². The highest BCUT2D eigenvalue weighted by atomic mass is 16.3. The van der Waals surface area contributed by atoms with Crippen LogP contribution >= 0.6 is 0 Å². The number of aliphatic hydroxyl groups is 1. The highest BCUT2D eigenvalue weighted by Crippen LogP contribution is 1.99. The Balaban J connectivity index is 3.83. The molecule has 0 spiro atoms. The van der Waals surface area contributed by atoms with Gasteiger partial charge >= 0.3 is 0 Å². The van der Waals surface area contributed by atoms with E-state index in [2.05, 4.69) is 31.0 Å². The van der Waals surface area contributed by atoms with Crippen molar-refractivity contribution in [3.8, 4) is 0 Å². The van der Waals surface area contributed by atoms with Gasteiger partial charge in [-0.15, -0.1) is 0 Å². The maximum atomic E-state index is 11.6. The van der Waals surface area contributed by atoms with E-state index in [0.29, 0.717) is 12.6 Å². The minimum absolute atomic E-state index is 0.0834. The summed E-state index contributed by atoms with van der Waals surface area (Å²) >= 11 is 0. The van der Waals surface area contributed by atoms with E-state index in [4.69, 9.17) is 5.11 Å². The molecule has 0 fully saturated rings. The highest BCUT2D eigenvalue weighted by molar-refractivity contribution is 5.77. The largest absolute Gasteiger partial charge is 0.396 e. The number of unbranched alkanes of at least 4 members (excludes halogenated alkanes) is 1. The number of nitrogens with one attached hydrogen (secondary N) is 1. The number of hydrogen-bond acceptors (Lipinski definition) is 3. The van der Waals surface area contributed by atoms with Crippen LogP contribution in [0, 0.1) is 0 Å². The standard InChI is InChI=1S/C12H26N2O2/c1-4-5-7-13-12(16)10-14(11(2)3)8-6-9-15/h11,15H,4-10H2,1-3H3,(H,13,16). The van der Waals surface area contributed by atoms with Crippen molar-refractivity contribution in [2.75, 3.05) is 26.2 Å². The number of aliphatic hydroxyl groups excluding tert-OH is 1. The van der Waals surface area contributed by atoms with Crippen molar-refractivity contribution >= 4 is 5.91 Å². The van der Waals surface area contributed by atoms with Gasteiger partial charge in [-0.1, -0.05) is 13.3 Å². The molecule has 16 heavy (non-hydrogen) atoms. The van der Waals surface area contributed by atoms with Crippen LogP contribution in [-0.2, 0) is 4.79 Å². The summed E-state index contributed by atoms with van der Waals surface area (Å²) in [7, 11) is 0. The van der Waals surface area contributed by atoms with E-state index < -0.39 is 0 Å². The topological polar surface area (TPSA) is 52.6 Å². The molecule has 0 aliphatic rings. The van der Waals surface area contributed by atoms with Crippen LogP contribution in [0.15, 0.2) is 0 Å². The molecule has 0 aromatic rings. The number of carbonyl (C=O) groups is 1. The van der Waals surface area contributed by atoms with Gasteiger partial charge in [0.05, 0.1) is 6.54 Å². The second-order valence-electron chi connectivity index (χ2n) is 4.34. The quantitative estimate of drug-likeness (QED) is 0.581. The van der Waals surface area contributed by atoms with Crippen molar-refractivity contribution in [1.82, 2.24) is 10.2 Å². The minimum Gasteiger partial charge on any atom is -0.396 e. The molecule has 0 saturated heterocycles. The second-order valence-corrected chi connectivity index (χ2v) is 4.34. The van der Waals surface area contributed by atoms with Crippen molar-refractivity contribution in [2.24, 2.45) is 0 Å². The Morgan fingerprint density at radius 1 is 1.38 bits per heavy atom. The zero-order valence-corrected chi connectivity index (χ0v) is 10.8. The molecular formula is C12H26N2O2. The van der Waals surface area contributed by atoms with Gasteiger partial charge in [-0.2, -0.15) is 0 Å². The summed E-state index contributed by atoms with van der Waals surface area (Å²) < 4.78 is 0. The van der Waals surface area contributed by atoms with Crippen molar-refractivity contribution in [3.63, 3.8) is 0 Å². The van der Waals surface area contributed by atoms with Gasteiger partial charge in [0.2, 0.25) is 5.91 Å². The zero-order valence-electron chi connectivity index (χ0n) is 10.8. The van der Waals surface area contributed by atoms with Gasteiger partial charge in [-0.05, 0) is 26.7 Å². The molecule has 0 saturated carbocycles. The molecule has 0 aliphatic heterocycles. The number of carbonyl (C=O) groups excluding carboxylic acids is 1. The van der Waals surface area contributed by atoms with Crippen LogP contribution < -0.4 is 5.32 Å². The molecule has 4 heteroatoms. The lowest BCUT2D eigenvalue weighted by molar-refractivity contribution is -0.122. The molecule has 0 aromatic heterocycles. The number of hydrogen-bond donors (Lipinski definition) is 2. The van der Waals surface area contributed by atoms with Crippen LogP contribution in [0.3, 0.4) is 0 Å². The van der Waals surface area contributed by atoms with Crippen molar-refractivity contribution < 1.29 is 9.90 Å². The molecule has 0 atom stereocenters. The van der Waals surface area contributed by atoms with E-state index in [-0.39, 0.29) is 12.5 Å². The van der Waals surface area contributed by atoms with E-state index in [1.807, 2.05) is 0 Å². The lowest BCUT2D eigenvalue weighted by Gasteiger charge is -2.25. The molecule has 4 nitrogen and oxygen atoms in total. The number of amides is 1. The molecule has 1 amide bonds. The Morgan fingerprint density at radius 2 is 2.06 bits per heavy atom. The summed E-state index contributed by atoms with van der Waals surface area (Å²) in [6, 6.07) is 0.337. The Hall–Kier alpha value is -0.610. The summed E-state index contributed by atoms with van der Waals surface area (Å²) in [5.41, 5.74) is 0. The Bertz CT molecular complexity index is 184. The maximum absolute atomic E-state index is 11.6. The van der Waals surface area contributed by atoms with Crippen LogP contribution in [-0.4, -0.2) is 48.2 Å². The molecular weight excluding hydrogens is 204 g/mol. The predicted octanol–water partition coefficient (Wildman–Crippen LogP) is 0.995. The van der Waals surface area contributed by atoms with Gasteiger partial charge in [0.15, 0.2) is 0 Å². The predicted molar refractivity (Wildman–Crippen MR) is 66.3 cm³/mol. The third-order valence-electron chi connectivity index (χ3n) is 2.53. The van der Waals surface area contributed by atoms with E-state index in [1.54, 1.807) is 0 Å². The van der Waals surface area contributed by atoms with Gasteiger partial charge in [0.1, 0.15) is 0 Å². The summed E-state index contributed by atoms with van der Waals surface area (Å²) in [5.74, 6) is 0.0834. The van der Waals surface area contributed by atoms with Gasteiger partial charge in [-0.3, -0.25) is 9.69 Å². The SMILES string of the molecule is CCCCNC(=O)CN(CCCO)C(C)C. The lowest BCUT2D eigenvalue weighted by atomic mass is 10.2. The molecule has 0 bridgehead atoms. The van der Waals surface area contributed by atoms with Crippen LogP contribution in [0.5, 0.6) is 0 Å². The third kappa shape index (κ3) is 7.65. The smallest absolute Gasteiger partial charge is 0.234 e. The highest BCUT2D eigenvalue weighted by Gasteiger charge is 2.12. The van der Waals surface area contributed by atoms with Gasteiger partial charge in [0, 0.05) is 25.7 Å². The first-order valence-corrected chi connectivity index (χ1v) is 6.23. The Kier molecular flexibility index (Phi) is 9.24. The summed E-state index contributed by atoms with van der Waals surface area (Å²) in [6.07, 6.45) is 2.85. The first-order valence-electron chi connectivity index (χ1n) is 6.23. The first kappa shape index (κ1) is 15.4. The molecule has 0 aromatic carbocycles. The van der Waals surface area contributed by atoms with Crippen LogP contribution in [0.25, 0.3) is 0 Å². The Morgan fingerprint density at radius 3 is 2.56 bits per heavy atom. The number of nitrogens with zero attached hydrogens (tertiary/aromatic N) is 1. The van der Waals surface area contributed by atoms with E-state index in [9.17, 15) is 4.79 Å². The molecule has 0 radical (unpaired) electrons. The van der Waals surface area contributed by atoms with E-state index >= 15 is 0 Å². The fourth-order valence-electron chi connectivity index (χ4n) is 1.44. The van der Waals surface area contributed by atoms with Crippen molar-refractivity contribution in [1.29, 1.82) is 0 Å². The van der Waals surface area contributed by atoms with Crippen molar-refractivity contribution in [2.45, 2.75) is 46.1 Å². The monoisotopic (exact) mass is 230 g/mol. The fourth-order valence-corrected chi connectivity index (χ4v) is 1.44. The maximum Gasteiger partial charge on any atom is 0.234 e. The third-order valence-corrected chi connectivity index (χ3v) is 2.53. The van der Waals surface area contributed by atoms with Crippen molar-refractivity contribution in [3.05, 3.63) is 0 Å². The summed E-state index contributed by atoms with van der Waals surface area (Å²) in [5, 5.41) is 11.7. The normalized spacial score (nSPS) is 11.1. The van der Waals surface area contributed by atoms with Gasteiger partial charge < -0.3 is 10.4 Å². The molecule has 0 rings (SSSR count). The van der Waals surface area contributed by atoms with Gasteiger partial charge in [0.25, 0.3) is 0 Å². The van der Waals surface area contributed by atoms with Gasteiger partial charge in [-0.25, -0.2) is 0 Å². The summed E-state index contributed by atoms with van der Waals surface area (Å²) in [4.78, 5) is 13.7. The zero-order chi connectivity index (χ0) is 12.4. The first-order chi connectivity index (χ1) is 7.61. The molecule has 96 valence electrons. The average molecular weight is 230 g/mol. The number of rotatable bonds is 9. The lowest BCUT2D eigenvalue weighted by Crippen LogP contribution is -2.41. The summed E-state index contributed by atoms with van der Waals surface area (Å²) in [6.45, 7) is 8.39. The molecule has 2 N–H and O–H groups in total. The molecule has 0 aliphatic carbocycles. The average Bonchev–Trinajstić information content (AvgIpc) is 2.24. The van der Waals surface area contributed by atoms with E-state index in [0.717, 1.165) is 32.4 Å². The molecule has 0 unspecified atom stereocenters. The Labute approximate surface area is 99.0 Å².